The van der Waals surface area contributed by atoms with E-state index in [-0.39, 0.29) is 5.84 Å². The topological polar surface area (TPSA) is 59.1 Å². The number of hydrogen-bond acceptors (Lipinski definition) is 2. The van der Waals surface area contributed by atoms with Gasteiger partial charge in [0.2, 0.25) is 0 Å². The minimum atomic E-state index is 0.0327. The molecule has 2 rings (SSSR count). The quantitative estimate of drug-likeness (QED) is 0.623. The van der Waals surface area contributed by atoms with Crippen molar-refractivity contribution in [2.24, 2.45) is 5.73 Å². The van der Waals surface area contributed by atoms with E-state index < -0.39 is 0 Å². The Morgan fingerprint density at radius 2 is 1.67 bits per heavy atom. The van der Waals surface area contributed by atoms with Gasteiger partial charge in [-0.3, -0.25) is 5.41 Å². The van der Waals surface area contributed by atoms with Crippen LogP contribution in [0.1, 0.15) is 11.1 Å². The number of ether oxygens (including phenoxy) is 1. The largest absolute Gasteiger partial charge is 0.492 e. The zero-order valence-electron chi connectivity index (χ0n) is 10.1. The lowest BCUT2D eigenvalue weighted by molar-refractivity contribution is 0.321. The van der Waals surface area contributed by atoms with Crippen molar-refractivity contribution >= 4 is 5.84 Å². The first-order valence-electron chi connectivity index (χ1n) is 5.87. The molecule has 0 saturated heterocycles. The summed E-state index contributed by atoms with van der Waals surface area (Å²) in [6.07, 6.45) is 0.840. The van der Waals surface area contributed by atoms with Gasteiger partial charge < -0.3 is 10.5 Å². The van der Waals surface area contributed by atoms with Crippen molar-refractivity contribution in [1.29, 1.82) is 5.41 Å². The SMILES string of the molecule is N=C(N)c1ccccc1OCCc1ccccc1. The van der Waals surface area contributed by atoms with Crippen molar-refractivity contribution in [3.63, 3.8) is 0 Å². The minimum absolute atomic E-state index is 0.0327. The van der Waals surface area contributed by atoms with Gasteiger partial charge in [-0.05, 0) is 17.7 Å². The summed E-state index contributed by atoms with van der Waals surface area (Å²) in [5.41, 5.74) is 7.38. The summed E-state index contributed by atoms with van der Waals surface area (Å²) in [6.45, 7) is 0.578. The maximum absolute atomic E-state index is 7.47. The highest BCUT2D eigenvalue weighted by Crippen LogP contribution is 2.17. The van der Waals surface area contributed by atoms with E-state index in [1.54, 1.807) is 6.07 Å². The third-order valence-corrected chi connectivity index (χ3v) is 2.67. The van der Waals surface area contributed by atoms with Crippen LogP contribution in [-0.4, -0.2) is 12.4 Å². The molecule has 2 aromatic carbocycles. The Morgan fingerprint density at radius 1 is 1.00 bits per heavy atom. The average Bonchev–Trinajstić information content (AvgIpc) is 2.40. The van der Waals surface area contributed by atoms with Gasteiger partial charge in [-0.15, -0.1) is 0 Å². The predicted molar refractivity (Wildman–Crippen MR) is 73.1 cm³/mol. The molecule has 0 unspecified atom stereocenters. The van der Waals surface area contributed by atoms with Crippen LogP contribution in [0.25, 0.3) is 0 Å². The highest BCUT2D eigenvalue weighted by molar-refractivity contribution is 5.97. The molecule has 0 atom stereocenters. The van der Waals surface area contributed by atoms with Gasteiger partial charge in [-0.25, -0.2) is 0 Å². The van der Waals surface area contributed by atoms with E-state index in [0.29, 0.717) is 17.9 Å². The van der Waals surface area contributed by atoms with Gasteiger partial charge in [-0.1, -0.05) is 42.5 Å². The molecule has 0 saturated carbocycles. The lowest BCUT2D eigenvalue weighted by Gasteiger charge is -2.10. The Balaban J connectivity index is 1.97. The highest BCUT2D eigenvalue weighted by Gasteiger charge is 2.05. The number of nitrogens with two attached hydrogens (primary N) is 1. The van der Waals surface area contributed by atoms with Crippen LogP contribution in [0.4, 0.5) is 0 Å². The molecular weight excluding hydrogens is 224 g/mol. The molecule has 3 N–H and O–H groups in total. The number of nitrogens with one attached hydrogen (secondary N) is 1. The minimum Gasteiger partial charge on any atom is -0.492 e. The second kappa shape index (κ2) is 5.87. The fourth-order valence-corrected chi connectivity index (χ4v) is 1.74. The number of nitrogen functional groups attached to an aromatic ring is 1. The molecule has 0 amide bonds. The van der Waals surface area contributed by atoms with Crippen LogP contribution >= 0.6 is 0 Å². The zero-order valence-corrected chi connectivity index (χ0v) is 10.1. The van der Waals surface area contributed by atoms with Gasteiger partial charge in [0.1, 0.15) is 11.6 Å². The summed E-state index contributed by atoms with van der Waals surface area (Å²) in [5.74, 6) is 0.700. The lowest BCUT2D eigenvalue weighted by Crippen LogP contribution is -2.13. The second-order valence-corrected chi connectivity index (χ2v) is 3.99. The smallest absolute Gasteiger partial charge is 0.130 e. The molecule has 0 aliphatic carbocycles. The first-order valence-corrected chi connectivity index (χ1v) is 5.87. The Kier molecular flexibility index (Phi) is 3.97. The van der Waals surface area contributed by atoms with Gasteiger partial charge in [0.25, 0.3) is 0 Å². The molecular formula is C15H16N2O. The van der Waals surface area contributed by atoms with Crippen LogP contribution in [0.5, 0.6) is 5.75 Å². The molecule has 0 aliphatic heterocycles. The van der Waals surface area contributed by atoms with Crippen molar-refractivity contribution in [2.45, 2.75) is 6.42 Å². The van der Waals surface area contributed by atoms with Crippen LogP contribution < -0.4 is 10.5 Å². The van der Waals surface area contributed by atoms with Gasteiger partial charge in [0, 0.05) is 6.42 Å². The number of rotatable bonds is 5. The number of para-hydroxylation sites is 1. The third-order valence-electron chi connectivity index (χ3n) is 2.67. The maximum atomic E-state index is 7.47. The van der Waals surface area contributed by atoms with Crippen molar-refractivity contribution in [2.75, 3.05) is 6.61 Å². The summed E-state index contributed by atoms with van der Waals surface area (Å²) in [4.78, 5) is 0. The Labute approximate surface area is 107 Å². The zero-order chi connectivity index (χ0) is 12.8. The molecule has 0 heterocycles. The van der Waals surface area contributed by atoms with Crippen molar-refractivity contribution in [1.82, 2.24) is 0 Å². The first-order chi connectivity index (χ1) is 8.77. The summed E-state index contributed by atoms with van der Waals surface area (Å²) in [7, 11) is 0. The molecule has 0 bridgehead atoms. The Bertz CT molecular complexity index is 523. The maximum Gasteiger partial charge on any atom is 0.130 e. The van der Waals surface area contributed by atoms with E-state index in [0.717, 1.165) is 6.42 Å². The van der Waals surface area contributed by atoms with Crippen LogP contribution in [0, 0.1) is 5.41 Å². The third kappa shape index (κ3) is 3.10. The first kappa shape index (κ1) is 12.2. The van der Waals surface area contributed by atoms with E-state index in [4.69, 9.17) is 15.9 Å². The average molecular weight is 240 g/mol. The van der Waals surface area contributed by atoms with E-state index >= 15 is 0 Å². The summed E-state index contributed by atoms with van der Waals surface area (Å²) in [5, 5.41) is 7.47. The standard InChI is InChI=1S/C15H16N2O/c16-15(17)13-8-4-5-9-14(13)18-11-10-12-6-2-1-3-7-12/h1-9H,10-11H2,(H3,16,17). The Morgan fingerprint density at radius 3 is 2.39 bits per heavy atom. The molecule has 18 heavy (non-hydrogen) atoms. The van der Waals surface area contributed by atoms with Crippen LogP contribution in [0.2, 0.25) is 0 Å². The Hall–Kier alpha value is -2.29. The van der Waals surface area contributed by atoms with Crippen LogP contribution in [-0.2, 0) is 6.42 Å². The van der Waals surface area contributed by atoms with Gasteiger partial charge >= 0.3 is 0 Å². The molecule has 0 aliphatic rings. The van der Waals surface area contributed by atoms with Crippen LogP contribution in [0.3, 0.4) is 0 Å². The van der Waals surface area contributed by atoms with Gasteiger partial charge in [0.15, 0.2) is 0 Å². The molecule has 0 fully saturated rings. The van der Waals surface area contributed by atoms with Crippen molar-refractivity contribution in [3.05, 3.63) is 65.7 Å². The summed E-state index contributed by atoms with van der Waals surface area (Å²) in [6, 6.07) is 17.5. The van der Waals surface area contributed by atoms with Crippen molar-refractivity contribution in [3.8, 4) is 5.75 Å². The van der Waals surface area contributed by atoms with E-state index in [2.05, 4.69) is 12.1 Å². The fraction of sp³-hybridized carbons (Fsp3) is 0.133. The fourth-order valence-electron chi connectivity index (χ4n) is 1.74. The number of hydrogen-bond donors (Lipinski definition) is 2. The molecule has 0 radical (unpaired) electrons. The van der Waals surface area contributed by atoms with Crippen molar-refractivity contribution < 1.29 is 4.74 Å². The molecule has 0 aromatic heterocycles. The lowest BCUT2D eigenvalue weighted by atomic mass is 10.1. The summed E-state index contributed by atoms with van der Waals surface area (Å²) < 4.78 is 5.68. The normalized spacial score (nSPS) is 10.0. The monoisotopic (exact) mass is 240 g/mol. The van der Waals surface area contributed by atoms with Gasteiger partial charge in [0.05, 0.1) is 12.2 Å². The molecule has 2 aromatic rings. The van der Waals surface area contributed by atoms with Crippen LogP contribution in [0.15, 0.2) is 54.6 Å². The van der Waals surface area contributed by atoms with E-state index in [1.165, 1.54) is 5.56 Å². The number of amidine groups is 1. The molecule has 3 heteroatoms. The molecule has 3 nitrogen and oxygen atoms in total. The van der Waals surface area contributed by atoms with E-state index in [9.17, 15) is 0 Å². The molecule has 92 valence electrons. The predicted octanol–water partition coefficient (Wildman–Crippen LogP) is 2.59. The van der Waals surface area contributed by atoms with Gasteiger partial charge in [-0.2, -0.15) is 0 Å². The second-order valence-electron chi connectivity index (χ2n) is 3.99. The summed E-state index contributed by atoms with van der Waals surface area (Å²) >= 11 is 0. The number of benzene rings is 2. The molecule has 0 spiro atoms. The highest BCUT2D eigenvalue weighted by atomic mass is 16.5. The van der Waals surface area contributed by atoms with E-state index in [1.807, 2.05) is 36.4 Å².